The van der Waals surface area contributed by atoms with Gasteiger partial charge < -0.3 is 4.98 Å². The van der Waals surface area contributed by atoms with Crippen molar-refractivity contribution in [1.82, 2.24) is 9.88 Å². The van der Waals surface area contributed by atoms with Crippen LogP contribution in [0.4, 0.5) is 0 Å². The van der Waals surface area contributed by atoms with Gasteiger partial charge in [0.15, 0.2) is 0 Å². The standard InChI is InChI=1S/C19H17ClN2/c20-18-4-2-1-3-17(18)9-15-12-22(13-15)11-14-5-6-16-7-8-21-19(16)10-14/h1-10,21H,11-13H2. The molecule has 0 amide bonds. The van der Waals surface area contributed by atoms with Crippen molar-refractivity contribution >= 4 is 28.6 Å². The summed E-state index contributed by atoms with van der Waals surface area (Å²) in [4.78, 5) is 5.71. The molecule has 0 radical (unpaired) electrons. The number of aromatic nitrogens is 1. The van der Waals surface area contributed by atoms with E-state index in [4.69, 9.17) is 11.6 Å². The maximum absolute atomic E-state index is 6.20. The molecule has 3 aromatic rings. The molecule has 1 saturated heterocycles. The second-order valence-corrected chi connectivity index (χ2v) is 6.28. The molecule has 0 spiro atoms. The van der Waals surface area contributed by atoms with Gasteiger partial charge in [0.1, 0.15) is 0 Å². The third kappa shape index (κ3) is 2.68. The Morgan fingerprint density at radius 3 is 2.82 bits per heavy atom. The van der Waals surface area contributed by atoms with Crippen LogP contribution < -0.4 is 0 Å². The van der Waals surface area contributed by atoms with Crippen molar-refractivity contribution in [2.24, 2.45) is 0 Å². The number of H-pyrrole nitrogens is 1. The molecule has 22 heavy (non-hydrogen) atoms. The zero-order valence-corrected chi connectivity index (χ0v) is 13.0. The predicted molar refractivity (Wildman–Crippen MR) is 93.0 cm³/mol. The summed E-state index contributed by atoms with van der Waals surface area (Å²) in [6.07, 6.45) is 4.20. The van der Waals surface area contributed by atoms with Gasteiger partial charge in [0.2, 0.25) is 0 Å². The zero-order chi connectivity index (χ0) is 14.9. The normalized spacial score (nSPS) is 15.0. The lowest BCUT2D eigenvalue weighted by molar-refractivity contribution is 0.243. The summed E-state index contributed by atoms with van der Waals surface area (Å²) in [7, 11) is 0. The topological polar surface area (TPSA) is 19.0 Å². The fourth-order valence-corrected chi connectivity index (χ4v) is 3.19. The second-order valence-electron chi connectivity index (χ2n) is 5.87. The Labute approximate surface area is 135 Å². The Balaban J connectivity index is 1.42. The van der Waals surface area contributed by atoms with Gasteiger partial charge in [0.25, 0.3) is 0 Å². The zero-order valence-electron chi connectivity index (χ0n) is 12.2. The molecule has 0 unspecified atom stereocenters. The highest BCUT2D eigenvalue weighted by Crippen LogP contribution is 2.24. The second kappa shape index (κ2) is 5.64. The quantitative estimate of drug-likeness (QED) is 0.741. The highest BCUT2D eigenvalue weighted by atomic mass is 35.5. The lowest BCUT2D eigenvalue weighted by atomic mass is 10.0. The number of fused-ring (bicyclic) bond motifs is 1. The molecule has 0 bridgehead atoms. The van der Waals surface area contributed by atoms with E-state index in [2.05, 4.69) is 46.3 Å². The van der Waals surface area contributed by atoms with Crippen molar-refractivity contribution in [2.45, 2.75) is 6.54 Å². The summed E-state index contributed by atoms with van der Waals surface area (Å²) < 4.78 is 0. The van der Waals surface area contributed by atoms with Crippen LogP contribution in [0.1, 0.15) is 11.1 Å². The molecule has 0 atom stereocenters. The van der Waals surface area contributed by atoms with Crippen LogP contribution in [0.3, 0.4) is 0 Å². The van der Waals surface area contributed by atoms with Crippen molar-refractivity contribution in [3.8, 4) is 0 Å². The van der Waals surface area contributed by atoms with Crippen molar-refractivity contribution in [1.29, 1.82) is 0 Å². The molecule has 0 aliphatic carbocycles. The number of halogens is 1. The van der Waals surface area contributed by atoms with Crippen LogP contribution >= 0.6 is 11.6 Å². The van der Waals surface area contributed by atoms with E-state index in [0.717, 1.165) is 30.2 Å². The summed E-state index contributed by atoms with van der Waals surface area (Å²) in [5.74, 6) is 0. The minimum Gasteiger partial charge on any atom is -0.361 e. The summed E-state index contributed by atoms with van der Waals surface area (Å²) in [6, 6.07) is 16.7. The molecule has 1 aromatic heterocycles. The minimum absolute atomic E-state index is 0.825. The number of benzene rings is 2. The number of rotatable bonds is 3. The van der Waals surface area contributed by atoms with E-state index in [0.29, 0.717) is 0 Å². The molecule has 3 heteroatoms. The van der Waals surface area contributed by atoms with Gasteiger partial charge in [-0.3, -0.25) is 4.90 Å². The van der Waals surface area contributed by atoms with E-state index >= 15 is 0 Å². The number of nitrogens with one attached hydrogen (secondary N) is 1. The summed E-state index contributed by atoms with van der Waals surface area (Å²) >= 11 is 6.20. The van der Waals surface area contributed by atoms with Gasteiger partial charge in [-0.25, -0.2) is 0 Å². The van der Waals surface area contributed by atoms with E-state index in [1.54, 1.807) is 0 Å². The average Bonchev–Trinajstić information content (AvgIpc) is 2.94. The molecule has 1 fully saturated rings. The highest BCUT2D eigenvalue weighted by Gasteiger charge is 2.20. The van der Waals surface area contributed by atoms with Gasteiger partial charge in [-0.1, -0.05) is 48.0 Å². The molecular formula is C19H17ClN2. The Bertz CT molecular complexity index is 839. The SMILES string of the molecule is Clc1ccccc1C=C1CN(Cc2ccc3cc[nH]c3c2)C1. The number of aromatic amines is 1. The largest absolute Gasteiger partial charge is 0.361 e. The van der Waals surface area contributed by atoms with Gasteiger partial charge in [-0.05, 0) is 40.3 Å². The first-order valence-electron chi connectivity index (χ1n) is 7.50. The third-order valence-corrected chi connectivity index (χ3v) is 4.49. The average molecular weight is 309 g/mol. The van der Waals surface area contributed by atoms with Crippen LogP contribution in [0, 0.1) is 0 Å². The Morgan fingerprint density at radius 2 is 1.95 bits per heavy atom. The van der Waals surface area contributed by atoms with E-state index in [-0.39, 0.29) is 0 Å². The van der Waals surface area contributed by atoms with Crippen molar-refractivity contribution in [2.75, 3.05) is 13.1 Å². The van der Waals surface area contributed by atoms with Crippen LogP contribution in [-0.2, 0) is 6.54 Å². The molecule has 1 aliphatic rings. The Kier molecular flexibility index (Phi) is 3.49. The molecular weight excluding hydrogens is 292 g/mol. The summed E-state index contributed by atoms with van der Waals surface area (Å²) in [6.45, 7) is 3.04. The molecule has 1 aliphatic heterocycles. The van der Waals surface area contributed by atoms with Gasteiger partial charge in [0.05, 0.1) is 0 Å². The first kappa shape index (κ1) is 13.6. The maximum Gasteiger partial charge on any atom is 0.0478 e. The lowest BCUT2D eigenvalue weighted by Gasteiger charge is -2.34. The van der Waals surface area contributed by atoms with Crippen molar-refractivity contribution < 1.29 is 0 Å². The van der Waals surface area contributed by atoms with Gasteiger partial charge in [-0.2, -0.15) is 0 Å². The van der Waals surface area contributed by atoms with E-state index in [1.165, 1.54) is 22.0 Å². The van der Waals surface area contributed by atoms with Gasteiger partial charge >= 0.3 is 0 Å². The molecule has 2 aromatic carbocycles. The predicted octanol–water partition coefficient (Wildman–Crippen LogP) is 4.72. The Morgan fingerprint density at radius 1 is 1.09 bits per heavy atom. The third-order valence-electron chi connectivity index (χ3n) is 4.14. The van der Waals surface area contributed by atoms with E-state index < -0.39 is 0 Å². The molecule has 110 valence electrons. The first-order valence-corrected chi connectivity index (χ1v) is 7.88. The van der Waals surface area contributed by atoms with Gasteiger partial charge in [0, 0.05) is 36.4 Å². The maximum atomic E-state index is 6.20. The number of likely N-dealkylation sites (tertiary alicyclic amines) is 1. The Hall–Kier alpha value is -2.03. The van der Waals surface area contributed by atoms with Crippen LogP contribution in [0.25, 0.3) is 17.0 Å². The number of hydrogen-bond acceptors (Lipinski definition) is 1. The van der Waals surface area contributed by atoms with Crippen molar-refractivity contribution in [3.63, 3.8) is 0 Å². The van der Waals surface area contributed by atoms with Crippen LogP contribution in [-0.4, -0.2) is 23.0 Å². The smallest absolute Gasteiger partial charge is 0.0478 e. The summed E-state index contributed by atoms with van der Waals surface area (Å²) in [5, 5.41) is 2.09. The van der Waals surface area contributed by atoms with Crippen molar-refractivity contribution in [3.05, 3.63) is 76.5 Å². The van der Waals surface area contributed by atoms with Crippen LogP contribution in [0.2, 0.25) is 5.02 Å². The fraction of sp³-hybridized carbons (Fsp3) is 0.158. The van der Waals surface area contributed by atoms with E-state index in [1.807, 2.05) is 24.4 Å². The first-order chi connectivity index (χ1) is 10.8. The van der Waals surface area contributed by atoms with Crippen LogP contribution in [0.5, 0.6) is 0 Å². The minimum atomic E-state index is 0.825. The highest BCUT2D eigenvalue weighted by molar-refractivity contribution is 6.32. The molecule has 1 N–H and O–H groups in total. The summed E-state index contributed by atoms with van der Waals surface area (Å²) in [5.41, 5.74) is 5.12. The lowest BCUT2D eigenvalue weighted by Crippen LogP contribution is -2.39. The van der Waals surface area contributed by atoms with E-state index in [9.17, 15) is 0 Å². The van der Waals surface area contributed by atoms with Gasteiger partial charge in [-0.15, -0.1) is 0 Å². The fourth-order valence-electron chi connectivity index (χ4n) is 2.99. The van der Waals surface area contributed by atoms with Crippen LogP contribution in [0.15, 0.2) is 60.3 Å². The molecule has 0 saturated carbocycles. The number of nitrogens with zero attached hydrogens (tertiary/aromatic N) is 1. The molecule has 2 nitrogen and oxygen atoms in total. The molecule has 2 heterocycles. The molecule has 4 rings (SSSR count). The number of hydrogen-bond donors (Lipinski definition) is 1. The monoisotopic (exact) mass is 308 g/mol.